The first-order chi connectivity index (χ1) is 12.3. The number of ether oxygens (including phenoxy) is 1. The highest BCUT2D eigenvalue weighted by Gasteiger charge is 2.12. The predicted octanol–water partition coefficient (Wildman–Crippen LogP) is 5.08. The van der Waals surface area contributed by atoms with Crippen molar-refractivity contribution in [2.75, 3.05) is 25.6 Å². The van der Waals surface area contributed by atoms with E-state index in [0.717, 1.165) is 17.5 Å². The molecule has 0 amide bonds. The molecule has 0 aliphatic rings. The first-order valence-electron chi connectivity index (χ1n) is 9.15. The fraction of sp³-hybridized carbons (Fsp3) is 0.381. The van der Waals surface area contributed by atoms with Gasteiger partial charge in [-0.25, -0.2) is 4.68 Å². The molecule has 0 atom stereocenters. The third-order valence-corrected chi connectivity index (χ3v) is 6.28. The van der Waals surface area contributed by atoms with E-state index in [4.69, 9.17) is 4.74 Å². The maximum Gasteiger partial charge on any atom is 0.139 e. The Morgan fingerprint density at radius 1 is 1.00 bits per heavy atom. The van der Waals surface area contributed by atoms with E-state index in [1.807, 2.05) is 10.9 Å². The molecule has 4 nitrogen and oxygen atoms in total. The molecule has 0 unspecified atom stereocenters. The van der Waals surface area contributed by atoms with Crippen molar-refractivity contribution in [1.29, 1.82) is 0 Å². The molecule has 0 bridgehead atoms. The van der Waals surface area contributed by atoms with Crippen LogP contribution in [0.2, 0.25) is 25.7 Å². The Balaban J connectivity index is 1.77. The molecule has 2 aromatic carbocycles. The molecular weight excluding hydrogens is 338 g/mol. The lowest BCUT2D eigenvalue weighted by molar-refractivity contribution is 0.0817. The zero-order valence-electron chi connectivity index (χ0n) is 16.5. The second-order valence-electron chi connectivity index (χ2n) is 8.21. The lowest BCUT2D eigenvalue weighted by atomic mass is 10.0. The van der Waals surface area contributed by atoms with Crippen LogP contribution in [-0.4, -0.2) is 38.6 Å². The van der Waals surface area contributed by atoms with Crippen LogP contribution in [0.4, 0.5) is 5.69 Å². The summed E-state index contributed by atoms with van der Waals surface area (Å²) in [5.41, 5.74) is 4.74. The normalized spacial score (nSPS) is 11.9. The van der Waals surface area contributed by atoms with Gasteiger partial charge in [-0.05, 0) is 35.4 Å². The zero-order chi connectivity index (χ0) is 18.7. The van der Waals surface area contributed by atoms with Crippen molar-refractivity contribution in [3.05, 3.63) is 48.7 Å². The average molecular weight is 368 g/mol. The Bertz CT molecular complexity index is 863. The summed E-state index contributed by atoms with van der Waals surface area (Å²) in [6.45, 7) is 8.42. The number of nitrogens with zero attached hydrogens (tertiary/aromatic N) is 3. The topological polar surface area (TPSA) is 30.3 Å². The van der Waals surface area contributed by atoms with Gasteiger partial charge in [0, 0.05) is 39.8 Å². The van der Waals surface area contributed by atoms with Gasteiger partial charge in [-0.2, -0.15) is 5.10 Å². The van der Waals surface area contributed by atoms with Gasteiger partial charge in [0.1, 0.15) is 6.73 Å². The lowest BCUT2D eigenvalue weighted by Gasteiger charge is -2.15. The molecular formula is C21H29N3OSi. The van der Waals surface area contributed by atoms with Crippen molar-refractivity contribution in [3.63, 3.8) is 0 Å². The van der Waals surface area contributed by atoms with Crippen LogP contribution in [0.3, 0.4) is 0 Å². The van der Waals surface area contributed by atoms with E-state index in [1.54, 1.807) is 0 Å². The molecule has 3 rings (SSSR count). The molecule has 3 aromatic rings. The number of hydrogen-bond donors (Lipinski definition) is 0. The highest BCUT2D eigenvalue weighted by Crippen LogP contribution is 2.26. The molecule has 1 aromatic heterocycles. The lowest BCUT2D eigenvalue weighted by Crippen LogP contribution is -2.22. The van der Waals surface area contributed by atoms with Gasteiger partial charge in [0.05, 0.1) is 11.7 Å². The number of aromatic nitrogens is 2. The summed E-state index contributed by atoms with van der Waals surface area (Å²) in [7, 11) is 3.06. The van der Waals surface area contributed by atoms with Gasteiger partial charge >= 0.3 is 0 Å². The van der Waals surface area contributed by atoms with Crippen molar-refractivity contribution in [1.82, 2.24) is 9.78 Å². The largest absolute Gasteiger partial charge is 0.378 e. The van der Waals surface area contributed by atoms with Gasteiger partial charge in [0.15, 0.2) is 0 Å². The molecule has 1 heterocycles. The maximum atomic E-state index is 5.88. The van der Waals surface area contributed by atoms with E-state index < -0.39 is 8.07 Å². The molecule has 138 valence electrons. The van der Waals surface area contributed by atoms with Crippen molar-refractivity contribution in [2.24, 2.45) is 0 Å². The summed E-state index contributed by atoms with van der Waals surface area (Å²) in [5, 5.41) is 5.64. The Morgan fingerprint density at radius 2 is 1.69 bits per heavy atom. The van der Waals surface area contributed by atoms with Gasteiger partial charge in [-0.3, -0.25) is 0 Å². The number of hydrogen-bond acceptors (Lipinski definition) is 3. The molecule has 0 fully saturated rings. The van der Waals surface area contributed by atoms with Crippen LogP contribution < -0.4 is 4.90 Å². The van der Waals surface area contributed by atoms with Crippen LogP contribution in [0, 0.1) is 0 Å². The first-order valence-corrected chi connectivity index (χ1v) is 12.9. The molecule has 0 saturated carbocycles. The summed E-state index contributed by atoms with van der Waals surface area (Å²) in [6.07, 6.45) is 1.91. The van der Waals surface area contributed by atoms with E-state index >= 15 is 0 Å². The molecule has 0 saturated heterocycles. The average Bonchev–Trinajstić information content (AvgIpc) is 3.00. The minimum Gasteiger partial charge on any atom is -0.378 e. The van der Waals surface area contributed by atoms with Crippen LogP contribution in [0.1, 0.15) is 0 Å². The highest BCUT2D eigenvalue weighted by atomic mass is 28.3. The first kappa shape index (κ1) is 18.7. The molecule has 0 radical (unpaired) electrons. The minimum atomic E-state index is -1.06. The zero-order valence-corrected chi connectivity index (χ0v) is 17.5. The number of benzene rings is 2. The Morgan fingerprint density at radius 3 is 2.35 bits per heavy atom. The summed E-state index contributed by atoms with van der Waals surface area (Å²) in [6, 6.07) is 16.3. The molecule has 5 heteroatoms. The molecule has 26 heavy (non-hydrogen) atoms. The van der Waals surface area contributed by atoms with E-state index in [0.29, 0.717) is 6.73 Å². The van der Waals surface area contributed by atoms with E-state index in [1.165, 1.54) is 22.9 Å². The Hall–Kier alpha value is -2.11. The number of fused-ring (bicyclic) bond motifs is 1. The van der Waals surface area contributed by atoms with Crippen LogP contribution in [0.5, 0.6) is 0 Å². The maximum absolute atomic E-state index is 5.88. The summed E-state index contributed by atoms with van der Waals surface area (Å²) in [4.78, 5) is 2.11. The highest BCUT2D eigenvalue weighted by molar-refractivity contribution is 6.76. The van der Waals surface area contributed by atoms with Crippen molar-refractivity contribution in [2.45, 2.75) is 32.4 Å². The van der Waals surface area contributed by atoms with Crippen LogP contribution in [-0.2, 0) is 11.5 Å². The smallest absolute Gasteiger partial charge is 0.139 e. The Labute approximate surface area is 157 Å². The Kier molecular flexibility index (Phi) is 5.49. The standard InChI is InChI=1S/C21H29N3OSi/c1-23(2)20-10-8-17(9-11-20)18-6-7-19-15-22-24(21(19)14-18)16-25-12-13-26(3,4)5/h6-11,14-15H,12-13,16H2,1-5H3. The fourth-order valence-electron chi connectivity index (χ4n) is 2.83. The van der Waals surface area contributed by atoms with Gasteiger partial charge in [-0.1, -0.05) is 43.9 Å². The predicted molar refractivity (Wildman–Crippen MR) is 114 cm³/mol. The molecule has 0 aliphatic heterocycles. The van der Waals surface area contributed by atoms with Crippen molar-refractivity contribution >= 4 is 24.7 Å². The molecule has 0 aliphatic carbocycles. The molecule has 0 spiro atoms. The third kappa shape index (κ3) is 4.53. The summed E-state index contributed by atoms with van der Waals surface area (Å²) in [5.74, 6) is 0. The summed E-state index contributed by atoms with van der Waals surface area (Å²) >= 11 is 0. The van der Waals surface area contributed by atoms with Gasteiger partial charge in [0.2, 0.25) is 0 Å². The fourth-order valence-corrected chi connectivity index (χ4v) is 3.59. The quantitative estimate of drug-likeness (QED) is 0.431. The number of anilines is 1. The summed E-state index contributed by atoms with van der Waals surface area (Å²) < 4.78 is 7.84. The van der Waals surface area contributed by atoms with Gasteiger partial charge in [-0.15, -0.1) is 0 Å². The second kappa shape index (κ2) is 7.64. The minimum absolute atomic E-state index is 0.511. The van der Waals surface area contributed by atoms with Gasteiger partial charge in [0.25, 0.3) is 0 Å². The van der Waals surface area contributed by atoms with Crippen LogP contribution in [0.25, 0.3) is 22.0 Å². The molecule has 0 N–H and O–H groups in total. The van der Waals surface area contributed by atoms with Crippen molar-refractivity contribution < 1.29 is 4.74 Å². The second-order valence-corrected chi connectivity index (χ2v) is 13.8. The van der Waals surface area contributed by atoms with Crippen LogP contribution in [0.15, 0.2) is 48.7 Å². The number of rotatable bonds is 7. The van der Waals surface area contributed by atoms with E-state index in [2.05, 4.69) is 86.2 Å². The third-order valence-electron chi connectivity index (χ3n) is 4.57. The van der Waals surface area contributed by atoms with Crippen molar-refractivity contribution in [3.8, 4) is 11.1 Å². The SMILES string of the molecule is CN(C)c1ccc(-c2ccc3cnn(COCC[Si](C)(C)C)c3c2)cc1. The van der Waals surface area contributed by atoms with Crippen LogP contribution >= 0.6 is 0 Å². The monoisotopic (exact) mass is 367 g/mol. The van der Waals surface area contributed by atoms with E-state index in [9.17, 15) is 0 Å². The van der Waals surface area contributed by atoms with E-state index in [-0.39, 0.29) is 0 Å². The van der Waals surface area contributed by atoms with Gasteiger partial charge < -0.3 is 9.64 Å².